The maximum atomic E-state index is 11.5. The van der Waals surface area contributed by atoms with Crippen LogP contribution in [0.15, 0.2) is 45.0 Å². The van der Waals surface area contributed by atoms with Gasteiger partial charge in [0.25, 0.3) is 0 Å². The number of carboxylic acid groups (broad SMARTS) is 2. The molecule has 7 heteroatoms. The molecule has 0 fully saturated rings. The van der Waals surface area contributed by atoms with Crippen LogP contribution in [0.4, 0.5) is 0 Å². The molecule has 2 aromatic rings. The fraction of sp³-hybridized carbons (Fsp3) is 0.176. The number of rotatable bonds is 6. The van der Waals surface area contributed by atoms with Crippen LogP contribution in [-0.2, 0) is 0 Å². The molecule has 4 nitrogen and oxygen atoms in total. The lowest BCUT2D eigenvalue weighted by Crippen LogP contribution is -2.05. The zero-order valence-electron chi connectivity index (χ0n) is 13.3. The van der Waals surface area contributed by atoms with Crippen molar-refractivity contribution in [2.24, 2.45) is 0 Å². The van der Waals surface area contributed by atoms with Crippen LogP contribution < -0.4 is 0 Å². The van der Waals surface area contributed by atoms with Crippen molar-refractivity contribution in [3.63, 3.8) is 0 Å². The highest BCUT2D eigenvalue weighted by Crippen LogP contribution is 2.38. The van der Waals surface area contributed by atoms with Gasteiger partial charge in [0.15, 0.2) is 0 Å². The summed E-state index contributed by atoms with van der Waals surface area (Å²) in [5.41, 5.74) is 1.42. The Hall–Kier alpha value is -1.57. The molecule has 2 rings (SSSR count). The number of carboxylic acids is 2. The van der Waals surface area contributed by atoms with Crippen LogP contribution >= 0.6 is 35.3 Å². The van der Waals surface area contributed by atoms with Gasteiger partial charge in [0.2, 0.25) is 0 Å². The second-order valence-electron chi connectivity index (χ2n) is 4.78. The van der Waals surface area contributed by atoms with E-state index in [0.29, 0.717) is 10.5 Å². The first-order valence-corrected chi connectivity index (χ1v) is 10.5. The highest BCUT2D eigenvalue weighted by molar-refractivity contribution is 8.01. The molecular formula is C17H16O4S3. The average Bonchev–Trinajstić information content (AvgIpc) is 2.59. The van der Waals surface area contributed by atoms with Gasteiger partial charge in [-0.1, -0.05) is 6.07 Å². The van der Waals surface area contributed by atoms with Crippen molar-refractivity contribution in [1.82, 2.24) is 0 Å². The number of carbonyl (C=O) groups is 2. The molecule has 0 saturated heterocycles. The van der Waals surface area contributed by atoms with E-state index in [-0.39, 0.29) is 11.1 Å². The van der Waals surface area contributed by atoms with Crippen LogP contribution in [-0.4, -0.2) is 40.9 Å². The monoisotopic (exact) mass is 380 g/mol. The zero-order chi connectivity index (χ0) is 17.9. The Labute approximate surface area is 153 Å². The van der Waals surface area contributed by atoms with E-state index in [4.69, 9.17) is 0 Å². The van der Waals surface area contributed by atoms with Crippen molar-refractivity contribution in [2.45, 2.75) is 14.7 Å². The van der Waals surface area contributed by atoms with Crippen molar-refractivity contribution in [3.05, 3.63) is 41.5 Å². The van der Waals surface area contributed by atoms with Crippen molar-refractivity contribution in [2.75, 3.05) is 18.8 Å². The molecule has 0 radical (unpaired) electrons. The molecule has 0 atom stereocenters. The smallest absolute Gasteiger partial charge is 0.336 e. The van der Waals surface area contributed by atoms with Gasteiger partial charge >= 0.3 is 11.9 Å². The van der Waals surface area contributed by atoms with E-state index in [1.807, 2.05) is 30.7 Å². The lowest BCUT2D eigenvalue weighted by Gasteiger charge is -2.14. The number of hydrogen-bond acceptors (Lipinski definition) is 5. The molecule has 0 aliphatic carbocycles. The lowest BCUT2D eigenvalue weighted by atomic mass is 9.99. The molecule has 24 heavy (non-hydrogen) atoms. The van der Waals surface area contributed by atoms with Crippen LogP contribution in [0.1, 0.15) is 20.7 Å². The predicted molar refractivity (Wildman–Crippen MR) is 101 cm³/mol. The standard InChI is InChI=1S/C17H16O4S3/c1-22-13-5-4-9(8-14(13)23-2)11-6-10(16(18)19)7-12(17(20)21)15(11)24-3/h4-8H,1-3H3,(H,18,19)(H,20,21). The first kappa shape index (κ1) is 18.8. The average molecular weight is 381 g/mol. The van der Waals surface area contributed by atoms with E-state index in [1.54, 1.807) is 35.8 Å². The quantitative estimate of drug-likeness (QED) is 0.689. The van der Waals surface area contributed by atoms with Crippen LogP contribution in [0.3, 0.4) is 0 Å². The Morgan fingerprint density at radius 3 is 2.00 bits per heavy atom. The third-order valence-electron chi connectivity index (χ3n) is 3.46. The summed E-state index contributed by atoms with van der Waals surface area (Å²) in [5.74, 6) is -2.27. The van der Waals surface area contributed by atoms with Gasteiger partial charge in [-0.25, -0.2) is 9.59 Å². The van der Waals surface area contributed by atoms with Gasteiger partial charge in [-0.15, -0.1) is 35.3 Å². The number of benzene rings is 2. The summed E-state index contributed by atoms with van der Waals surface area (Å²) in [6, 6.07) is 8.61. The Balaban J connectivity index is 2.77. The zero-order valence-corrected chi connectivity index (χ0v) is 15.8. The SMILES string of the molecule is CSc1ccc(-c2cc(C(=O)O)cc(C(=O)O)c2SC)cc1SC. The second kappa shape index (κ2) is 8.00. The molecular weight excluding hydrogens is 364 g/mol. The Bertz CT molecular complexity index is 803. The fourth-order valence-electron chi connectivity index (χ4n) is 2.35. The molecule has 0 spiro atoms. The normalized spacial score (nSPS) is 10.6. The van der Waals surface area contributed by atoms with Crippen molar-refractivity contribution < 1.29 is 19.8 Å². The maximum Gasteiger partial charge on any atom is 0.336 e. The third-order valence-corrected chi connectivity index (χ3v) is 6.02. The first-order valence-electron chi connectivity index (χ1n) is 6.84. The Morgan fingerprint density at radius 2 is 1.50 bits per heavy atom. The Morgan fingerprint density at radius 1 is 0.833 bits per heavy atom. The predicted octanol–water partition coefficient (Wildman–Crippen LogP) is 4.92. The van der Waals surface area contributed by atoms with Gasteiger partial charge in [0.05, 0.1) is 11.1 Å². The topological polar surface area (TPSA) is 74.6 Å². The van der Waals surface area contributed by atoms with E-state index >= 15 is 0 Å². The summed E-state index contributed by atoms with van der Waals surface area (Å²) in [6.45, 7) is 0. The minimum absolute atomic E-state index is 0.0112. The van der Waals surface area contributed by atoms with Crippen LogP contribution in [0.25, 0.3) is 11.1 Å². The van der Waals surface area contributed by atoms with Gasteiger partial charge in [0.1, 0.15) is 0 Å². The molecule has 0 bridgehead atoms. The summed E-state index contributed by atoms with van der Waals surface area (Å²) >= 11 is 4.54. The van der Waals surface area contributed by atoms with Gasteiger partial charge in [-0.3, -0.25) is 0 Å². The van der Waals surface area contributed by atoms with Gasteiger partial charge < -0.3 is 10.2 Å². The number of hydrogen-bond donors (Lipinski definition) is 2. The van der Waals surface area contributed by atoms with Crippen molar-refractivity contribution in [1.29, 1.82) is 0 Å². The minimum atomic E-state index is -1.14. The largest absolute Gasteiger partial charge is 0.478 e. The van der Waals surface area contributed by atoms with E-state index in [1.165, 1.54) is 17.8 Å². The molecule has 0 aliphatic heterocycles. The molecule has 0 aliphatic rings. The summed E-state index contributed by atoms with van der Waals surface area (Å²) in [5, 5.41) is 18.7. The van der Waals surface area contributed by atoms with Crippen LogP contribution in [0, 0.1) is 0 Å². The summed E-state index contributed by atoms with van der Waals surface area (Å²) in [6.07, 6.45) is 5.76. The van der Waals surface area contributed by atoms with Crippen LogP contribution in [0.5, 0.6) is 0 Å². The minimum Gasteiger partial charge on any atom is -0.478 e. The van der Waals surface area contributed by atoms with E-state index in [0.717, 1.165) is 15.4 Å². The van der Waals surface area contributed by atoms with Gasteiger partial charge in [-0.05, 0) is 54.2 Å². The van der Waals surface area contributed by atoms with E-state index in [9.17, 15) is 19.8 Å². The second-order valence-corrected chi connectivity index (χ2v) is 7.30. The highest BCUT2D eigenvalue weighted by Gasteiger charge is 2.19. The van der Waals surface area contributed by atoms with Crippen molar-refractivity contribution >= 4 is 47.2 Å². The van der Waals surface area contributed by atoms with Gasteiger partial charge in [0, 0.05) is 14.7 Å². The van der Waals surface area contributed by atoms with E-state index < -0.39 is 11.9 Å². The highest BCUT2D eigenvalue weighted by atomic mass is 32.2. The molecule has 2 aromatic carbocycles. The van der Waals surface area contributed by atoms with Crippen molar-refractivity contribution in [3.8, 4) is 11.1 Å². The maximum absolute atomic E-state index is 11.5. The Kier molecular flexibility index (Phi) is 6.26. The molecule has 0 heterocycles. The lowest BCUT2D eigenvalue weighted by molar-refractivity contribution is 0.0693. The third kappa shape index (κ3) is 3.74. The summed E-state index contributed by atoms with van der Waals surface area (Å²) in [4.78, 5) is 25.7. The first-order chi connectivity index (χ1) is 11.4. The number of aromatic carboxylic acids is 2. The number of thioether (sulfide) groups is 3. The van der Waals surface area contributed by atoms with E-state index in [2.05, 4.69) is 0 Å². The van der Waals surface area contributed by atoms with Crippen LogP contribution in [0.2, 0.25) is 0 Å². The summed E-state index contributed by atoms with van der Waals surface area (Å²) in [7, 11) is 0. The fourth-order valence-corrected chi connectivity index (χ4v) is 4.59. The van der Waals surface area contributed by atoms with Gasteiger partial charge in [-0.2, -0.15) is 0 Å². The summed E-state index contributed by atoms with van der Waals surface area (Å²) < 4.78 is 0. The molecule has 0 saturated carbocycles. The molecule has 0 unspecified atom stereocenters. The molecule has 2 N–H and O–H groups in total. The molecule has 0 amide bonds. The molecule has 0 aromatic heterocycles. The molecule has 126 valence electrons.